The van der Waals surface area contributed by atoms with Gasteiger partial charge in [0, 0.05) is 36.1 Å². The van der Waals surface area contributed by atoms with Crippen molar-refractivity contribution in [1.29, 1.82) is 0 Å². The first-order valence-electron chi connectivity index (χ1n) is 8.80. The van der Waals surface area contributed by atoms with E-state index in [2.05, 4.69) is 55.1 Å². The number of nitrogens with one attached hydrogen (secondary N) is 3. The normalized spacial score (nSPS) is 12.1. The van der Waals surface area contributed by atoms with E-state index in [1.54, 1.807) is 7.05 Å². The molecule has 0 aliphatic heterocycles. The van der Waals surface area contributed by atoms with Crippen LogP contribution in [0, 0.1) is 0 Å². The van der Waals surface area contributed by atoms with Gasteiger partial charge in [0.15, 0.2) is 11.8 Å². The van der Waals surface area contributed by atoms with Crippen LogP contribution in [0.4, 0.5) is 0 Å². The van der Waals surface area contributed by atoms with E-state index in [1.807, 2.05) is 26.8 Å². The minimum absolute atomic E-state index is 0. The van der Waals surface area contributed by atoms with Crippen LogP contribution in [0.15, 0.2) is 40.0 Å². The number of aromatic nitrogens is 3. The van der Waals surface area contributed by atoms with Crippen molar-refractivity contribution in [3.05, 3.63) is 47.7 Å². The van der Waals surface area contributed by atoms with E-state index in [0.29, 0.717) is 24.2 Å². The Bertz CT molecular complexity index is 893. The number of H-pyrrole nitrogens is 1. The predicted octanol–water partition coefficient (Wildman–Crippen LogP) is 3.37. The summed E-state index contributed by atoms with van der Waals surface area (Å²) in [6, 6.07) is 8.32. The Balaban J connectivity index is 0.00000261. The molecule has 3 rings (SSSR count). The summed E-state index contributed by atoms with van der Waals surface area (Å²) in [7, 11) is 1.75. The van der Waals surface area contributed by atoms with Gasteiger partial charge in [0.2, 0.25) is 5.89 Å². The molecule has 2 heterocycles. The van der Waals surface area contributed by atoms with E-state index in [-0.39, 0.29) is 29.4 Å². The molecule has 0 bridgehead atoms. The number of aliphatic imine (C=N–C) groups is 1. The second-order valence-corrected chi connectivity index (χ2v) is 7.23. The van der Waals surface area contributed by atoms with Gasteiger partial charge in [-0.3, -0.25) is 4.99 Å². The molecular formula is C19H27IN6O. The highest BCUT2D eigenvalue weighted by atomic mass is 127. The lowest BCUT2D eigenvalue weighted by Gasteiger charge is -2.11. The number of para-hydroxylation sites is 1. The van der Waals surface area contributed by atoms with E-state index in [0.717, 1.165) is 18.5 Å². The van der Waals surface area contributed by atoms with Crippen LogP contribution in [0.25, 0.3) is 10.9 Å². The molecule has 0 radical (unpaired) electrons. The molecule has 27 heavy (non-hydrogen) atoms. The van der Waals surface area contributed by atoms with Gasteiger partial charge in [0.1, 0.15) is 0 Å². The lowest BCUT2D eigenvalue weighted by atomic mass is 9.97. The summed E-state index contributed by atoms with van der Waals surface area (Å²) in [6.45, 7) is 7.38. The molecule has 0 fully saturated rings. The molecule has 146 valence electrons. The zero-order chi connectivity index (χ0) is 18.6. The van der Waals surface area contributed by atoms with Crippen molar-refractivity contribution >= 4 is 40.8 Å². The van der Waals surface area contributed by atoms with Gasteiger partial charge in [-0.15, -0.1) is 24.0 Å². The molecule has 2 aromatic heterocycles. The van der Waals surface area contributed by atoms with Crippen molar-refractivity contribution in [3.8, 4) is 0 Å². The van der Waals surface area contributed by atoms with Gasteiger partial charge in [0.05, 0.1) is 6.54 Å². The Hall–Kier alpha value is -2.10. The van der Waals surface area contributed by atoms with Crippen LogP contribution < -0.4 is 10.6 Å². The summed E-state index contributed by atoms with van der Waals surface area (Å²) in [5, 5.41) is 11.8. The highest BCUT2D eigenvalue weighted by Crippen LogP contribution is 2.19. The molecule has 7 nitrogen and oxygen atoms in total. The van der Waals surface area contributed by atoms with Crippen LogP contribution in [0.5, 0.6) is 0 Å². The van der Waals surface area contributed by atoms with Crippen LogP contribution in [-0.2, 0) is 18.4 Å². The fourth-order valence-corrected chi connectivity index (χ4v) is 2.67. The molecule has 0 aliphatic rings. The number of rotatable bonds is 5. The second kappa shape index (κ2) is 9.20. The molecule has 0 saturated carbocycles. The topological polar surface area (TPSA) is 91.1 Å². The maximum absolute atomic E-state index is 5.30. The molecule has 8 heteroatoms. The van der Waals surface area contributed by atoms with Crippen molar-refractivity contribution in [1.82, 2.24) is 25.8 Å². The Morgan fingerprint density at radius 1 is 1.22 bits per heavy atom. The van der Waals surface area contributed by atoms with Gasteiger partial charge in [-0.25, -0.2) is 0 Å². The van der Waals surface area contributed by atoms with Crippen molar-refractivity contribution in [2.24, 2.45) is 4.99 Å². The van der Waals surface area contributed by atoms with E-state index >= 15 is 0 Å². The maximum atomic E-state index is 5.30. The van der Waals surface area contributed by atoms with Crippen LogP contribution >= 0.6 is 24.0 Å². The molecule has 0 atom stereocenters. The number of halogens is 1. The summed E-state index contributed by atoms with van der Waals surface area (Å²) in [5.41, 5.74) is 2.30. The summed E-state index contributed by atoms with van der Waals surface area (Å²) >= 11 is 0. The van der Waals surface area contributed by atoms with Gasteiger partial charge >= 0.3 is 0 Å². The lowest BCUT2D eigenvalue weighted by Crippen LogP contribution is -2.38. The maximum Gasteiger partial charge on any atom is 0.232 e. The Morgan fingerprint density at radius 2 is 2.00 bits per heavy atom. The fraction of sp³-hybridized carbons (Fsp3) is 0.421. The summed E-state index contributed by atoms with van der Waals surface area (Å²) in [5.74, 6) is 1.97. The average Bonchev–Trinajstić information content (AvgIpc) is 3.25. The monoisotopic (exact) mass is 482 g/mol. The van der Waals surface area contributed by atoms with Gasteiger partial charge < -0.3 is 20.1 Å². The number of benzene rings is 1. The third kappa shape index (κ3) is 5.44. The zero-order valence-electron chi connectivity index (χ0n) is 16.2. The minimum atomic E-state index is -0.148. The lowest BCUT2D eigenvalue weighted by molar-refractivity contribution is 0.318. The van der Waals surface area contributed by atoms with E-state index < -0.39 is 0 Å². The molecule has 0 saturated heterocycles. The Labute approximate surface area is 176 Å². The molecule has 0 spiro atoms. The van der Waals surface area contributed by atoms with Gasteiger partial charge in [-0.2, -0.15) is 4.98 Å². The van der Waals surface area contributed by atoms with E-state index in [9.17, 15) is 0 Å². The van der Waals surface area contributed by atoms with Gasteiger partial charge in [-0.05, 0) is 18.1 Å². The first-order valence-corrected chi connectivity index (χ1v) is 8.80. The SMILES string of the molecule is CN=C(NCCc1c[nH]c2ccccc12)NCc1noc(C(C)(C)C)n1.I. The number of hydrogen-bond donors (Lipinski definition) is 3. The van der Waals surface area contributed by atoms with Crippen molar-refractivity contribution in [2.45, 2.75) is 39.2 Å². The third-order valence-electron chi connectivity index (χ3n) is 4.11. The zero-order valence-corrected chi connectivity index (χ0v) is 18.5. The molecule has 0 amide bonds. The standard InChI is InChI=1S/C19H26N6O.HI/c1-19(2,3)17-24-16(25-26-17)12-23-18(20-4)21-10-9-13-11-22-15-8-6-5-7-14(13)15;/h5-8,11,22H,9-10,12H2,1-4H3,(H2,20,21,23);1H. The minimum Gasteiger partial charge on any atom is -0.361 e. The number of hydrogen-bond acceptors (Lipinski definition) is 4. The number of guanidine groups is 1. The van der Waals surface area contributed by atoms with E-state index in [1.165, 1.54) is 10.9 Å². The molecule has 3 N–H and O–H groups in total. The van der Waals surface area contributed by atoms with Crippen LogP contribution in [0.2, 0.25) is 0 Å². The quantitative estimate of drug-likeness (QED) is 0.295. The predicted molar refractivity (Wildman–Crippen MR) is 119 cm³/mol. The Morgan fingerprint density at radius 3 is 2.70 bits per heavy atom. The van der Waals surface area contributed by atoms with Crippen LogP contribution in [-0.4, -0.2) is 34.7 Å². The largest absolute Gasteiger partial charge is 0.361 e. The molecule has 3 aromatic rings. The van der Waals surface area contributed by atoms with Gasteiger partial charge in [-0.1, -0.05) is 44.1 Å². The highest BCUT2D eigenvalue weighted by Gasteiger charge is 2.21. The second-order valence-electron chi connectivity index (χ2n) is 7.23. The van der Waals surface area contributed by atoms with Crippen LogP contribution in [0.1, 0.15) is 38.0 Å². The molecule has 0 unspecified atom stereocenters. The average molecular weight is 482 g/mol. The summed E-state index contributed by atoms with van der Waals surface area (Å²) < 4.78 is 5.30. The smallest absolute Gasteiger partial charge is 0.232 e. The van der Waals surface area contributed by atoms with Crippen molar-refractivity contribution in [3.63, 3.8) is 0 Å². The molecular weight excluding hydrogens is 455 g/mol. The van der Waals surface area contributed by atoms with E-state index in [4.69, 9.17) is 4.52 Å². The van der Waals surface area contributed by atoms with Crippen LogP contribution in [0.3, 0.4) is 0 Å². The Kier molecular flexibility index (Phi) is 7.23. The summed E-state index contributed by atoms with van der Waals surface area (Å²) in [4.78, 5) is 12.0. The number of fused-ring (bicyclic) bond motifs is 1. The highest BCUT2D eigenvalue weighted by molar-refractivity contribution is 14.0. The fourth-order valence-electron chi connectivity index (χ4n) is 2.67. The van der Waals surface area contributed by atoms with Crippen molar-refractivity contribution < 1.29 is 4.52 Å². The third-order valence-corrected chi connectivity index (χ3v) is 4.11. The summed E-state index contributed by atoms with van der Waals surface area (Å²) in [6.07, 6.45) is 2.97. The first-order chi connectivity index (χ1) is 12.5. The van der Waals surface area contributed by atoms with Crippen molar-refractivity contribution in [2.75, 3.05) is 13.6 Å². The molecule has 1 aromatic carbocycles. The molecule has 0 aliphatic carbocycles. The first kappa shape index (κ1) is 21.2. The number of nitrogens with zero attached hydrogens (tertiary/aromatic N) is 3. The van der Waals surface area contributed by atoms with Gasteiger partial charge in [0.25, 0.3) is 0 Å². The number of aromatic amines is 1.